The normalized spacial score (nSPS) is 16.4. The maximum atomic E-state index is 11.6. The molecule has 1 aliphatic heterocycles. The van der Waals surface area contributed by atoms with Crippen LogP contribution in [-0.2, 0) is 20.6 Å². The van der Waals surface area contributed by atoms with E-state index in [1.807, 2.05) is 30.4 Å². The predicted molar refractivity (Wildman–Crippen MR) is 75.6 cm³/mol. The molecule has 20 heavy (non-hydrogen) atoms. The summed E-state index contributed by atoms with van der Waals surface area (Å²) in [5.74, 6) is -0.280. The van der Waals surface area contributed by atoms with Crippen LogP contribution in [0.3, 0.4) is 0 Å². The van der Waals surface area contributed by atoms with E-state index < -0.39 is 0 Å². The molecule has 0 aromatic heterocycles. The van der Waals surface area contributed by atoms with E-state index in [2.05, 4.69) is 0 Å². The Kier molecular flexibility index (Phi) is 5.77. The van der Waals surface area contributed by atoms with Crippen molar-refractivity contribution in [1.29, 1.82) is 0 Å². The molecule has 0 saturated carbocycles. The molecule has 1 saturated heterocycles. The van der Waals surface area contributed by atoms with Gasteiger partial charge in [-0.1, -0.05) is 18.2 Å². The van der Waals surface area contributed by atoms with E-state index in [1.54, 1.807) is 13.0 Å². The molecule has 0 atom stereocenters. The lowest BCUT2D eigenvalue weighted by Gasteiger charge is -2.20. The molecule has 1 heterocycles. The summed E-state index contributed by atoms with van der Waals surface area (Å²) in [4.78, 5) is 11.6. The number of allylic oxidation sites excluding steroid dienone is 1. The maximum Gasteiger partial charge on any atom is 0.338 e. The van der Waals surface area contributed by atoms with Crippen molar-refractivity contribution >= 4 is 5.97 Å². The summed E-state index contributed by atoms with van der Waals surface area (Å²) < 4.78 is 15.8. The van der Waals surface area contributed by atoms with Crippen molar-refractivity contribution in [2.24, 2.45) is 0 Å². The SMILES string of the molecule is CCOC(=O)c1cccc(C/C=C/C2OCCCO2)c1. The molecule has 1 aromatic carbocycles. The summed E-state index contributed by atoms with van der Waals surface area (Å²) in [5, 5.41) is 0. The van der Waals surface area contributed by atoms with Gasteiger partial charge >= 0.3 is 5.97 Å². The van der Waals surface area contributed by atoms with E-state index in [4.69, 9.17) is 14.2 Å². The summed E-state index contributed by atoms with van der Waals surface area (Å²) in [6, 6.07) is 7.46. The minimum Gasteiger partial charge on any atom is -0.462 e. The van der Waals surface area contributed by atoms with Gasteiger partial charge in [-0.2, -0.15) is 0 Å². The topological polar surface area (TPSA) is 44.8 Å². The molecule has 0 aliphatic carbocycles. The molecule has 0 unspecified atom stereocenters. The fourth-order valence-corrected chi connectivity index (χ4v) is 1.97. The maximum absolute atomic E-state index is 11.6. The number of ether oxygens (including phenoxy) is 3. The Hall–Kier alpha value is -1.65. The molecule has 0 bridgehead atoms. The molecule has 1 aliphatic rings. The molecule has 0 spiro atoms. The van der Waals surface area contributed by atoms with Crippen molar-refractivity contribution in [3.63, 3.8) is 0 Å². The number of hydrogen-bond acceptors (Lipinski definition) is 4. The zero-order valence-corrected chi connectivity index (χ0v) is 11.7. The fraction of sp³-hybridized carbons (Fsp3) is 0.438. The van der Waals surface area contributed by atoms with Gasteiger partial charge in [-0.25, -0.2) is 4.79 Å². The van der Waals surface area contributed by atoms with Gasteiger partial charge in [0, 0.05) is 0 Å². The molecule has 0 amide bonds. The summed E-state index contributed by atoms with van der Waals surface area (Å²) >= 11 is 0. The summed E-state index contributed by atoms with van der Waals surface area (Å²) in [6.07, 6.45) is 5.36. The van der Waals surface area contributed by atoms with Crippen LogP contribution in [-0.4, -0.2) is 32.1 Å². The Balaban J connectivity index is 1.90. The first-order chi connectivity index (χ1) is 9.79. The van der Waals surface area contributed by atoms with E-state index in [0.29, 0.717) is 12.2 Å². The van der Waals surface area contributed by atoms with Crippen LogP contribution in [0.1, 0.15) is 29.3 Å². The number of esters is 1. The third-order valence-electron chi connectivity index (χ3n) is 2.94. The lowest BCUT2D eigenvalue weighted by atomic mass is 10.1. The van der Waals surface area contributed by atoms with E-state index >= 15 is 0 Å². The monoisotopic (exact) mass is 276 g/mol. The van der Waals surface area contributed by atoms with Crippen LogP contribution in [0.25, 0.3) is 0 Å². The van der Waals surface area contributed by atoms with Crippen LogP contribution < -0.4 is 0 Å². The first kappa shape index (κ1) is 14.8. The highest BCUT2D eigenvalue weighted by Gasteiger charge is 2.10. The highest BCUT2D eigenvalue weighted by molar-refractivity contribution is 5.89. The third kappa shape index (κ3) is 4.47. The number of carbonyl (C=O) groups excluding carboxylic acids is 1. The Labute approximate surface area is 119 Å². The Morgan fingerprint density at radius 3 is 2.95 bits per heavy atom. The number of rotatable bonds is 5. The van der Waals surface area contributed by atoms with Gasteiger partial charge in [0.15, 0.2) is 6.29 Å². The smallest absolute Gasteiger partial charge is 0.338 e. The third-order valence-corrected chi connectivity index (χ3v) is 2.94. The second-order valence-corrected chi connectivity index (χ2v) is 4.52. The van der Waals surface area contributed by atoms with Crippen LogP contribution >= 0.6 is 0 Å². The van der Waals surface area contributed by atoms with Crippen molar-refractivity contribution in [1.82, 2.24) is 0 Å². The van der Waals surface area contributed by atoms with Crippen molar-refractivity contribution in [3.05, 3.63) is 47.5 Å². The van der Waals surface area contributed by atoms with Crippen molar-refractivity contribution in [3.8, 4) is 0 Å². The minimum absolute atomic E-state index is 0.239. The first-order valence-electron chi connectivity index (χ1n) is 6.95. The van der Waals surface area contributed by atoms with Gasteiger partial charge in [-0.3, -0.25) is 0 Å². The zero-order valence-electron chi connectivity index (χ0n) is 11.7. The molecule has 2 rings (SSSR count). The molecule has 1 aromatic rings. The van der Waals surface area contributed by atoms with Crippen LogP contribution in [0, 0.1) is 0 Å². The van der Waals surface area contributed by atoms with Gasteiger partial charge < -0.3 is 14.2 Å². The fourth-order valence-electron chi connectivity index (χ4n) is 1.97. The Morgan fingerprint density at radius 1 is 1.40 bits per heavy atom. The predicted octanol–water partition coefficient (Wildman–Crippen LogP) is 2.73. The lowest BCUT2D eigenvalue weighted by molar-refractivity contribution is -0.149. The Bertz CT molecular complexity index is 461. The van der Waals surface area contributed by atoms with Gasteiger partial charge in [0.05, 0.1) is 25.4 Å². The van der Waals surface area contributed by atoms with Gasteiger partial charge in [0.25, 0.3) is 0 Å². The number of carbonyl (C=O) groups is 1. The van der Waals surface area contributed by atoms with Gasteiger partial charge in [-0.05, 0) is 43.5 Å². The van der Waals surface area contributed by atoms with Crippen molar-refractivity contribution in [2.75, 3.05) is 19.8 Å². The van der Waals surface area contributed by atoms with E-state index in [1.165, 1.54) is 0 Å². The standard InChI is InChI=1S/C16H20O4/c1-2-18-16(17)14-8-3-6-13(12-14)7-4-9-15-19-10-5-11-20-15/h3-4,6,8-9,12,15H,2,5,7,10-11H2,1H3/b9-4+. The lowest BCUT2D eigenvalue weighted by Crippen LogP contribution is -2.22. The van der Waals surface area contributed by atoms with Crippen LogP contribution in [0.5, 0.6) is 0 Å². The number of benzene rings is 1. The van der Waals surface area contributed by atoms with Crippen molar-refractivity contribution < 1.29 is 19.0 Å². The first-order valence-corrected chi connectivity index (χ1v) is 6.95. The van der Waals surface area contributed by atoms with Gasteiger partial charge in [0.2, 0.25) is 0 Å². The van der Waals surface area contributed by atoms with Crippen LogP contribution in [0.4, 0.5) is 0 Å². The molecule has 4 nitrogen and oxygen atoms in total. The van der Waals surface area contributed by atoms with Gasteiger partial charge in [-0.15, -0.1) is 0 Å². The second kappa shape index (κ2) is 7.82. The molecule has 4 heteroatoms. The van der Waals surface area contributed by atoms with Gasteiger partial charge in [0.1, 0.15) is 0 Å². The molecule has 1 fully saturated rings. The minimum atomic E-state index is -0.280. The summed E-state index contributed by atoms with van der Waals surface area (Å²) in [6.45, 7) is 3.68. The molecule has 108 valence electrons. The molecular weight excluding hydrogens is 256 g/mol. The Morgan fingerprint density at radius 2 is 2.20 bits per heavy atom. The average molecular weight is 276 g/mol. The van der Waals surface area contributed by atoms with Crippen LogP contribution in [0.2, 0.25) is 0 Å². The highest BCUT2D eigenvalue weighted by atomic mass is 16.7. The quantitative estimate of drug-likeness (QED) is 0.612. The second-order valence-electron chi connectivity index (χ2n) is 4.52. The molecule has 0 N–H and O–H groups in total. The molecular formula is C16H20O4. The summed E-state index contributed by atoms with van der Waals surface area (Å²) in [5.41, 5.74) is 1.64. The largest absolute Gasteiger partial charge is 0.462 e. The van der Waals surface area contributed by atoms with E-state index in [0.717, 1.165) is 31.6 Å². The van der Waals surface area contributed by atoms with Crippen molar-refractivity contribution in [2.45, 2.75) is 26.1 Å². The summed E-state index contributed by atoms with van der Waals surface area (Å²) in [7, 11) is 0. The van der Waals surface area contributed by atoms with Crippen LogP contribution in [0.15, 0.2) is 36.4 Å². The zero-order chi connectivity index (χ0) is 14.2. The average Bonchev–Trinajstić information content (AvgIpc) is 2.49. The highest BCUT2D eigenvalue weighted by Crippen LogP contribution is 2.10. The number of hydrogen-bond donors (Lipinski definition) is 0. The van der Waals surface area contributed by atoms with E-state index in [9.17, 15) is 4.79 Å². The van der Waals surface area contributed by atoms with E-state index in [-0.39, 0.29) is 12.3 Å². The molecule has 0 radical (unpaired) electrons.